The first-order valence-corrected chi connectivity index (χ1v) is 5.57. The molecule has 1 aliphatic rings. The van der Waals surface area contributed by atoms with Gasteiger partial charge in [0.05, 0.1) is 13.2 Å². The molecule has 0 saturated carbocycles. The second kappa shape index (κ2) is 5.79. The number of imidazole rings is 1. The highest BCUT2D eigenvalue weighted by Gasteiger charge is 2.13. The van der Waals surface area contributed by atoms with Crippen molar-refractivity contribution < 1.29 is 4.74 Å². The fourth-order valence-corrected chi connectivity index (χ4v) is 1.81. The van der Waals surface area contributed by atoms with Gasteiger partial charge in [0.15, 0.2) is 0 Å². The summed E-state index contributed by atoms with van der Waals surface area (Å²) in [6, 6.07) is 1.92. The van der Waals surface area contributed by atoms with Gasteiger partial charge in [-0.05, 0) is 6.07 Å². The monoisotopic (exact) mass is 267 g/mol. The van der Waals surface area contributed by atoms with Crippen molar-refractivity contribution >= 4 is 18.2 Å². The van der Waals surface area contributed by atoms with Crippen LogP contribution in [0.5, 0.6) is 0 Å². The van der Waals surface area contributed by atoms with Gasteiger partial charge in [-0.1, -0.05) is 0 Å². The largest absolute Gasteiger partial charge is 0.378 e. The van der Waals surface area contributed by atoms with Gasteiger partial charge in [-0.15, -0.1) is 12.4 Å². The molecule has 6 nitrogen and oxygen atoms in total. The second-order valence-corrected chi connectivity index (χ2v) is 3.78. The zero-order valence-corrected chi connectivity index (χ0v) is 10.6. The first-order valence-electron chi connectivity index (χ1n) is 5.57. The summed E-state index contributed by atoms with van der Waals surface area (Å²) < 4.78 is 7.12. The molecule has 1 fully saturated rings. The lowest BCUT2D eigenvalue weighted by Crippen LogP contribution is -2.36. The van der Waals surface area contributed by atoms with Gasteiger partial charge in [-0.25, -0.2) is 9.97 Å². The fraction of sp³-hybridized carbons (Fsp3) is 0.364. The van der Waals surface area contributed by atoms with Gasteiger partial charge in [0.25, 0.3) is 0 Å². The van der Waals surface area contributed by atoms with Crippen LogP contribution in [-0.4, -0.2) is 45.8 Å². The maximum Gasteiger partial charge on any atom is 0.236 e. The Balaban J connectivity index is 0.00000120. The molecule has 0 spiro atoms. The molecule has 3 rings (SSSR count). The van der Waals surface area contributed by atoms with Gasteiger partial charge in [0, 0.05) is 31.7 Å². The zero-order valence-electron chi connectivity index (χ0n) is 9.77. The Bertz CT molecular complexity index is 484. The quantitative estimate of drug-likeness (QED) is 0.810. The van der Waals surface area contributed by atoms with Crippen LogP contribution in [0.1, 0.15) is 0 Å². The van der Waals surface area contributed by atoms with E-state index in [4.69, 9.17) is 4.74 Å². The van der Waals surface area contributed by atoms with Gasteiger partial charge in [0.2, 0.25) is 5.95 Å². The summed E-state index contributed by atoms with van der Waals surface area (Å²) in [5.41, 5.74) is 0. The molecule has 2 aromatic heterocycles. The number of anilines is 1. The molecule has 1 saturated heterocycles. The van der Waals surface area contributed by atoms with Crippen LogP contribution in [0.3, 0.4) is 0 Å². The Labute approximate surface area is 111 Å². The predicted octanol–water partition coefficient (Wildman–Crippen LogP) is 0.921. The number of halogens is 1. The number of aromatic nitrogens is 4. The van der Waals surface area contributed by atoms with Gasteiger partial charge in [-0.3, -0.25) is 4.57 Å². The molecule has 7 heteroatoms. The average molecular weight is 268 g/mol. The van der Waals surface area contributed by atoms with Crippen LogP contribution >= 0.6 is 12.4 Å². The van der Waals surface area contributed by atoms with Crippen molar-refractivity contribution in [3.05, 3.63) is 31.0 Å². The Morgan fingerprint density at radius 1 is 1.17 bits per heavy atom. The molecule has 0 amide bonds. The Kier molecular flexibility index (Phi) is 4.11. The number of ether oxygens (including phenoxy) is 1. The Morgan fingerprint density at radius 2 is 2.00 bits per heavy atom. The normalized spacial score (nSPS) is 15.2. The minimum atomic E-state index is 0. The van der Waals surface area contributed by atoms with Gasteiger partial charge >= 0.3 is 0 Å². The predicted molar refractivity (Wildman–Crippen MR) is 69.4 cm³/mol. The standard InChI is InChI=1S/C11H13N5O.ClH/c1-2-13-11(16-4-3-12-9-16)14-10(1)15-5-7-17-8-6-15;/h1-4,9H,5-8H2;1H. The molecule has 18 heavy (non-hydrogen) atoms. The van der Waals surface area contributed by atoms with Gasteiger partial charge < -0.3 is 9.64 Å². The number of rotatable bonds is 2. The van der Waals surface area contributed by atoms with Crippen LogP contribution < -0.4 is 4.90 Å². The minimum absolute atomic E-state index is 0. The van der Waals surface area contributed by atoms with E-state index >= 15 is 0 Å². The van der Waals surface area contributed by atoms with Gasteiger partial charge in [0.1, 0.15) is 12.1 Å². The van der Waals surface area contributed by atoms with E-state index in [9.17, 15) is 0 Å². The third kappa shape index (κ3) is 2.60. The van der Waals surface area contributed by atoms with Crippen molar-refractivity contribution in [2.45, 2.75) is 0 Å². The number of hydrogen-bond donors (Lipinski definition) is 0. The smallest absolute Gasteiger partial charge is 0.236 e. The van der Waals surface area contributed by atoms with Crippen molar-refractivity contribution in [2.75, 3.05) is 31.2 Å². The van der Waals surface area contributed by atoms with E-state index in [1.165, 1.54) is 0 Å². The van der Waals surface area contributed by atoms with Crippen LogP contribution in [0, 0.1) is 0 Å². The summed E-state index contributed by atoms with van der Waals surface area (Å²) in [5, 5.41) is 0. The molecule has 0 unspecified atom stereocenters. The van der Waals surface area contributed by atoms with Crippen molar-refractivity contribution in [3.63, 3.8) is 0 Å². The summed E-state index contributed by atoms with van der Waals surface area (Å²) in [5.74, 6) is 1.58. The van der Waals surface area contributed by atoms with Crippen LogP contribution in [0.4, 0.5) is 5.82 Å². The van der Waals surface area contributed by atoms with Crippen LogP contribution in [-0.2, 0) is 4.74 Å². The molecular weight excluding hydrogens is 254 g/mol. The summed E-state index contributed by atoms with van der Waals surface area (Å²) >= 11 is 0. The second-order valence-electron chi connectivity index (χ2n) is 3.78. The van der Waals surface area contributed by atoms with E-state index < -0.39 is 0 Å². The molecule has 0 aliphatic carbocycles. The lowest BCUT2D eigenvalue weighted by Gasteiger charge is -2.27. The first-order chi connectivity index (χ1) is 8.43. The molecule has 3 heterocycles. The third-order valence-electron chi connectivity index (χ3n) is 2.70. The zero-order chi connectivity index (χ0) is 11.5. The van der Waals surface area contributed by atoms with Crippen molar-refractivity contribution in [1.82, 2.24) is 19.5 Å². The first kappa shape index (κ1) is 12.8. The number of morpholine rings is 1. The van der Waals surface area contributed by atoms with Crippen LogP contribution in [0.15, 0.2) is 31.0 Å². The maximum absolute atomic E-state index is 5.32. The lowest BCUT2D eigenvalue weighted by atomic mass is 10.4. The van der Waals surface area contributed by atoms with E-state index in [0.717, 1.165) is 32.1 Å². The molecule has 1 aliphatic heterocycles. The van der Waals surface area contributed by atoms with Crippen molar-refractivity contribution in [2.24, 2.45) is 0 Å². The SMILES string of the molecule is Cl.c1cn(-c2nccc(N3CCOCC3)n2)cn1. The maximum atomic E-state index is 5.32. The highest BCUT2D eigenvalue weighted by Crippen LogP contribution is 2.13. The molecule has 2 aromatic rings. The van der Waals surface area contributed by atoms with E-state index in [2.05, 4.69) is 19.9 Å². The molecule has 0 bridgehead atoms. The molecule has 0 aromatic carbocycles. The van der Waals surface area contributed by atoms with E-state index in [-0.39, 0.29) is 12.4 Å². The summed E-state index contributed by atoms with van der Waals surface area (Å²) in [6.07, 6.45) is 7.01. The molecule has 0 N–H and O–H groups in total. The van der Waals surface area contributed by atoms with Gasteiger partial charge in [-0.2, -0.15) is 4.98 Å². The van der Waals surface area contributed by atoms with Crippen molar-refractivity contribution in [1.29, 1.82) is 0 Å². The Hall–Kier alpha value is -1.66. The molecular formula is C11H14ClN5O. The fourth-order valence-electron chi connectivity index (χ4n) is 1.81. The topological polar surface area (TPSA) is 56.1 Å². The molecule has 0 atom stereocenters. The van der Waals surface area contributed by atoms with Crippen LogP contribution in [0.2, 0.25) is 0 Å². The Morgan fingerprint density at radius 3 is 2.72 bits per heavy atom. The highest BCUT2D eigenvalue weighted by molar-refractivity contribution is 5.85. The molecule has 96 valence electrons. The lowest BCUT2D eigenvalue weighted by molar-refractivity contribution is 0.122. The van der Waals surface area contributed by atoms with Crippen molar-refractivity contribution in [3.8, 4) is 5.95 Å². The third-order valence-corrected chi connectivity index (χ3v) is 2.70. The summed E-state index contributed by atoms with van der Waals surface area (Å²) in [4.78, 5) is 14.9. The number of nitrogens with zero attached hydrogens (tertiary/aromatic N) is 5. The minimum Gasteiger partial charge on any atom is -0.378 e. The highest BCUT2D eigenvalue weighted by atomic mass is 35.5. The van der Waals surface area contributed by atoms with Crippen LogP contribution in [0.25, 0.3) is 5.95 Å². The van der Waals surface area contributed by atoms with E-state index in [1.807, 2.05) is 12.3 Å². The van der Waals surface area contributed by atoms with E-state index in [1.54, 1.807) is 23.3 Å². The molecule has 0 radical (unpaired) electrons. The average Bonchev–Trinajstić information content (AvgIpc) is 2.94. The summed E-state index contributed by atoms with van der Waals surface area (Å²) in [7, 11) is 0. The number of hydrogen-bond acceptors (Lipinski definition) is 5. The van der Waals surface area contributed by atoms with E-state index in [0.29, 0.717) is 5.95 Å². The summed E-state index contributed by atoms with van der Waals surface area (Å²) in [6.45, 7) is 3.26.